The second kappa shape index (κ2) is 8.06. The highest BCUT2D eigenvalue weighted by Gasteiger charge is 2.48. The highest BCUT2D eigenvalue weighted by atomic mass is 19.2. The third-order valence-corrected chi connectivity index (χ3v) is 6.42. The number of benzene rings is 2. The minimum absolute atomic E-state index is 0.00431. The molecule has 3 heterocycles. The number of amides is 1. The van der Waals surface area contributed by atoms with Gasteiger partial charge in [-0.15, -0.1) is 0 Å². The van der Waals surface area contributed by atoms with Crippen molar-refractivity contribution in [2.75, 3.05) is 6.54 Å². The minimum atomic E-state index is -1.07. The Labute approximate surface area is 187 Å². The van der Waals surface area contributed by atoms with Gasteiger partial charge >= 0.3 is 0 Å². The molecule has 1 amide bonds. The predicted octanol–water partition coefficient (Wildman–Crippen LogP) is 3.82. The van der Waals surface area contributed by atoms with Crippen LogP contribution in [-0.4, -0.2) is 33.2 Å². The largest absolute Gasteiger partial charge is 0.484 e. The summed E-state index contributed by atoms with van der Waals surface area (Å²) in [6, 6.07) is 8.24. The van der Waals surface area contributed by atoms with Crippen molar-refractivity contribution in [2.45, 2.75) is 30.8 Å². The molecule has 3 aromatic rings. The molecule has 33 heavy (non-hydrogen) atoms. The third-order valence-electron chi connectivity index (χ3n) is 6.42. The molecule has 0 N–H and O–H groups in total. The van der Waals surface area contributed by atoms with E-state index < -0.39 is 46.8 Å². The Balaban J connectivity index is 1.82. The Morgan fingerprint density at radius 3 is 2.67 bits per heavy atom. The second-order valence-corrected chi connectivity index (χ2v) is 8.15. The Bertz CT molecular complexity index is 1310. The van der Waals surface area contributed by atoms with Gasteiger partial charge in [0.2, 0.25) is 5.43 Å². The molecule has 169 valence electrons. The molecule has 1 radical (unpaired) electrons. The fourth-order valence-corrected chi connectivity index (χ4v) is 5.10. The number of hydrogen-bond donors (Lipinski definition) is 0. The second-order valence-electron chi connectivity index (χ2n) is 8.15. The van der Waals surface area contributed by atoms with Crippen LogP contribution in [0.25, 0.3) is 0 Å². The normalized spacial score (nSPS) is 20.4. The average Bonchev–Trinajstić information content (AvgIpc) is 3.29. The van der Waals surface area contributed by atoms with E-state index in [1.165, 1.54) is 35.0 Å². The maximum absolute atomic E-state index is 15.1. The number of hydrogen-bond acceptors (Lipinski definition) is 4. The van der Waals surface area contributed by atoms with Crippen LogP contribution >= 0.6 is 0 Å². The van der Waals surface area contributed by atoms with Gasteiger partial charge in [0.1, 0.15) is 12.9 Å². The number of rotatable bonds is 4. The summed E-state index contributed by atoms with van der Waals surface area (Å²) in [5.41, 5.74) is -0.358. The van der Waals surface area contributed by atoms with Crippen molar-refractivity contribution >= 4 is 5.91 Å². The topological polar surface area (TPSA) is 64.4 Å². The molecule has 1 aromatic heterocycles. The summed E-state index contributed by atoms with van der Waals surface area (Å²) in [7, 11) is 3.30. The van der Waals surface area contributed by atoms with Crippen molar-refractivity contribution < 1.29 is 22.7 Å². The van der Waals surface area contributed by atoms with Gasteiger partial charge in [0.25, 0.3) is 5.91 Å². The fraction of sp³-hybridized carbons (Fsp3) is 0.250. The SMILES string of the molecule is [CH2]Oc1c2n(ncc1=O)[C@@H]([C@H](c1cccc(F)c1)c1cccc(F)c1F)[C@H]1CCCN1C2=O. The summed E-state index contributed by atoms with van der Waals surface area (Å²) < 4.78 is 50.0. The first kappa shape index (κ1) is 21.2. The number of ether oxygens (including phenoxy) is 1. The molecule has 2 aromatic carbocycles. The summed E-state index contributed by atoms with van der Waals surface area (Å²) in [4.78, 5) is 27.2. The summed E-state index contributed by atoms with van der Waals surface area (Å²) in [5.74, 6) is -4.29. The van der Waals surface area contributed by atoms with Crippen LogP contribution in [0.1, 0.15) is 46.4 Å². The summed E-state index contributed by atoms with van der Waals surface area (Å²) in [6.45, 7) is 0.418. The number of fused-ring (bicyclic) bond motifs is 2. The molecule has 9 heteroatoms. The number of carbonyl (C=O) groups is 1. The van der Waals surface area contributed by atoms with Crippen LogP contribution in [0, 0.1) is 24.6 Å². The zero-order valence-corrected chi connectivity index (χ0v) is 17.4. The molecular formula is C24H19F3N3O3. The van der Waals surface area contributed by atoms with Gasteiger partial charge in [0.15, 0.2) is 23.1 Å². The van der Waals surface area contributed by atoms with E-state index in [2.05, 4.69) is 12.2 Å². The molecule has 2 aliphatic rings. The first-order valence-corrected chi connectivity index (χ1v) is 10.5. The molecular weight excluding hydrogens is 435 g/mol. The van der Waals surface area contributed by atoms with Crippen molar-refractivity contribution in [2.24, 2.45) is 0 Å². The Hall–Kier alpha value is -3.62. The van der Waals surface area contributed by atoms with Gasteiger partial charge in [-0.1, -0.05) is 24.3 Å². The summed E-state index contributed by atoms with van der Waals surface area (Å²) in [6.07, 6.45) is 2.25. The monoisotopic (exact) mass is 454 g/mol. The minimum Gasteiger partial charge on any atom is -0.484 e. The van der Waals surface area contributed by atoms with Crippen LogP contribution in [-0.2, 0) is 0 Å². The van der Waals surface area contributed by atoms with E-state index in [1.807, 2.05) is 0 Å². The van der Waals surface area contributed by atoms with Crippen LogP contribution in [0.15, 0.2) is 53.5 Å². The first-order valence-electron chi connectivity index (χ1n) is 10.5. The molecule has 1 fully saturated rings. The number of nitrogens with zero attached hydrogens (tertiary/aromatic N) is 3. The molecule has 0 aliphatic carbocycles. The fourth-order valence-electron chi connectivity index (χ4n) is 5.10. The summed E-state index contributed by atoms with van der Waals surface area (Å²) in [5, 5.41) is 4.21. The smallest absolute Gasteiger partial charge is 0.276 e. The molecule has 3 atom stereocenters. The van der Waals surface area contributed by atoms with E-state index in [-0.39, 0.29) is 17.0 Å². The lowest BCUT2D eigenvalue weighted by Crippen LogP contribution is -2.51. The van der Waals surface area contributed by atoms with Crippen LogP contribution in [0.3, 0.4) is 0 Å². The third kappa shape index (κ3) is 3.30. The molecule has 5 rings (SSSR count). The van der Waals surface area contributed by atoms with Crippen molar-refractivity contribution in [3.63, 3.8) is 0 Å². The molecule has 6 nitrogen and oxygen atoms in total. The van der Waals surface area contributed by atoms with Crippen molar-refractivity contribution in [1.82, 2.24) is 14.7 Å². The van der Waals surface area contributed by atoms with Crippen molar-refractivity contribution in [1.29, 1.82) is 0 Å². The molecule has 0 unspecified atom stereocenters. The van der Waals surface area contributed by atoms with Gasteiger partial charge in [0.05, 0.1) is 18.3 Å². The van der Waals surface area contributed by atoms with Gasteiger partial charge in [-0.25, -0.2) is 13.2 Å². The van der Waals surface area contributed by atoms with E-state index in [9.17, 15) is 18.4 Å². The van der Waals surface area contributed by atoms with E-state index in [0.29, 0.717) is 24.9 Å². The van der Waals surface area contributed by atoms with Gasteiger partial charge < -0.3 is 9.64 Å². The Morgan fingerprint density at radius 2 is 1.91 bits per heavy atom. The number of carbonyl (C=O) groups excluding carboxylic acids is 1. The van der Waals surface area contributed by atoms with Crippen LogP contribution in [0.4, 0.5) is 13.2 Å². The van der Waals surface area contributed by atoms with Gasteiger partial charge in [-0.3, -0.25) is 14.3 Å². The highest BCUT2D eigenvalue weighted by molar-refractivity contribution is 5.96. The first-order chi connectivity index (χ1) is 15.9. The quantitative estimate of drug-likeness (QED) is 0.601. The van der Waals surface area contributed by atoms with Crippen molar-refractivity contribution in [3.8, 4) is 5.75 Å². The zero-order valence-electron chi connectivity index (χ0n) is 17.4. The standard InChI is InChI=1S/C24H19F3N3O3/c1-33-23-18(31)12-28-30-21(17-9-4-10-29(17)24(32)22(23)30)19(13-5-2-6-14(25)11-13)15-7-3-8-16(26)20(15)27/h2-3,5-8,11-12,17,19,21H,1,4,9-10H2/t17-,19-,21-/m1/s1. The van der Waals surface area contributed by atoms with Crippen molar-refractivity contribution in [3.05, 3.63) is 100 Å². The highest BCUT2D eigenvalue weighted by Crippen LogP contribution is 2.46. The Kier molecular flexibility index (Phi) is 5.19. The average molecular weight is 454 g/mol. The number of halogens is 3. The Morgan fingerprint density at radius 1 is 1.12 bits per heavy atom. The lowest BCUT2D eigenvalue weighted by atomic mass is 9.79. The maximum atomic E-state index is 15.1. The van der Waals surface area contributed by atoms with E-state index in [1.54, 1.807) is 11.0 Å². The van der Waals surface area contributed by atoms with Gasteiger partial charge in [-0.2, -0.15) is 5.10 Å². The van der Waals surface area contributed by atoms with E-state index in [0.717, 1.165) is 12.3 Å². The van der Waals surface area contributed by atoms with Gasteiger partial charge in [0, 0.05) is 18.0 Å². The van der Waals surface area contributed by atoms with E-state index in [4.69, 9.17) is 4.74 Å². The molecule has 2 aliphatic heterocycles. The molecule has 0 saturated carbocycles. The predicted molar refractivity (Wildman–Crippen MR) is 112 cm³/mol. The maximum Gasteiger partial charge on any atom is 0.276 e. The molecule has 1 saturated heterocycles. The van der Waals surface area contributed by atoms with Gasteiger partial charge in [-0.05, 0) is 36.6 Å². The molecule has 0 spiro atoms. The summed E-state index contributed by atoms with van der Waals surface area (Å²) >= 11 is 0. The van der Waals surface area contributed by atoms with Crippen LogP contribution in [0.5, 0.6) is 5.75 Å². The lowest BCUT2D eigenvalue weighted by molar-refractivity contribution is 0.0564. The van der Waals surface area contributed by atoms with E-state index >= 15 is 4.39 Å². The van der Waals surface area contributed by atoms with Crippen LogP contribution < -0.4 is 10.2 Å². The molecule has 0 bridgehead atoms. The lowest BCUT2D eigenvalue weighted by Gasteiger charge is -2.42. The zero-order chi connectivity index (χ0) is 23.3. The van der Waals surface area contributed by atoms with Crippen LogP contribution in [0.2, 0.25) is 0 Å². The number of aromatic nitrogens is 2.